The molecule has 0 aliphatic carbocycles. The molecule has 0 saturated heterocycles. The Morgan fingerprint density at radius 2 is 2.00 bits per heavy atom. The molecular weight excluding hydrogens is 204 g/mol. The van der Waals surface area contributed by atoms with Crippen LogP contribution < -0.4 is 11.2 Å². The van der Waals surface area contributed by atoms with Gasteiger partial charge in [0.15, 0.2) is 0 Å². The first-order chi connectivity index (χ1) is 7.61. The molecular formula is C12H18N2O2. The normalized spacial score (nSPS) is 12.5. The molecule has 0 aromatic heterocycles. The van der Waals surface area contributed by atoms with E-state index in [2.05, 4.69) is 5.48 Å². The van der Waals surface area contributed by atoms with Crippen molar-refractivity contribution in [1.29, 1.82) is 0 Å². The van der Waals surface area contributed by atoms with Crippen molar-refractivity contribution in [3.63, 3.8) is 0 Å². The number of amides is 1. The summed E-state index contributed by atoms with van der Waals surface area (Å²) in [6.45, 7) is 4.13. The molecule has 1 rings (SSSR count). The van der Waals surface area contributed by atoms with Crippen LogP contribution in [0.5, 0.6) is 0 Å². The van der Waals surface area contributed by atoms with Crippen LogP contribution in [-0.2, 0) is 16.2 Å². The number of carbonyl (C=O) groups is 1. The van der Waals surface area contributed by atoms with Crippen LogP contribution in [0.3, 0.4) is 0 Å². The quantitative estimate of drug-likeness (QED) is 0.736. The van der Waals surface area contributed by atoms with E-state index in [1.54, 1.807) is 0 Å². The van der Waals surface area contributed by atoms with Crippen LogP contribution in [0.4, 0.5) is 0 Å². The molecule has 0 aliphatic heterocycles. The summed E-state index contributed by atoms with van der Waals surface area (Å²) >= 11 is 0. The summed E-state index contributed by atoms with van der Waals surface area (Å²) < 4.78 is 0. The van der Waals surface area contributed by atoms with E-state index in [1.807, 2.05) is 44.2 Å². The molecule has 0 unspecified atom stereocenters. The summed E-state index contributed by atoms with van der Waals surface area (Å²) in [4.78, 5) is 16.5. The fourth-order valence-electron chi connectivity index (χ4n) is 1.14. The van der Waals surface area contributed by atoms with Crippen LogP contribution in [0, 0.1) is 5.92 Å². The molecule has 1 amide bonds. The third kappa shape index (κ3) is 4.00. The minimum absolute atomic E-state index is 0.0975. The SMILES string of the molecule is CC(C)[C@@H](N)C(=O)NOCc1ccccc1. The molecule has 0 bridgehead atoms. The summed E-state index contributed by atoms with van der Waals surface area (Å²) in [5.41, 5.74) is 9.00. The van der Waals surface area contributed by atoms with Gasteiger partial charge in [0.05, 0.1) is 12.6 Å². The maximum Gasteiger partial charge on any atom is 0.260 e. The Hall–Kier alpha value is -1.39. The van der Waals surface area contributed by atoms with Gasteiger partial charge in [0.2, 0.25) is 0 Å². The number of rotatable bonds is 5. The standard InChI is InChI=1S/C12H18N2O2/c1-9(2)11(13)12(15)14-16-8-10-6-4-3-5-7-10/h3-7,9,11H,8,13H2,1-2H3,(H,14,15)/t11-/m1/s1. The topological polar surface area (TPSA) is 64.4 Å². The monoisotopic (exact) mass is 222 g/mol. The van der Waals surface area contributed by atoms with Gasteiger partial charge in [0, 0.05) is 0 Å². The van der Waals surface area contributed by atoms with Crippen LogP contribution in [0.1, 0.15) is 19.4 Å². The van der Waals surface area contributed by atoms with E-state index in [-0.39, 0.29) is 11.8 Å². The zero-order chi connectivity index (χ0) is 12.0. The lowest BCUT2D eigenvalue weighted by Crippen LogP contribution is -2.43. The van der Waals surface area contributed by atoms with Crippen molar-refractivity contribution in [2.24, 2.45) is 11.7 Å². The van der Waals surface area contributed by atoms with Crippen molar-refractivity contribution in [3.05, 3.63) is 35.9 Å². The Kier molecular flexibility index (Phi) is 4.95. The molecule has 1 aromatic carbocycles. The highest BCUT2D eigenvalue weighted by Crippen LogP contribution is 2.00. The van der Waals surface area contributed by atoms with Gasteiger partial charge in [-0.15, -0.1) is 0 Å². The van der Waals surface area contributed by atoms with E-state index in [4.69, 9.17) is 10.6 Å². The van der Waals surface area contributed by atoms with E-state index in [9.17, 15) is 4.79 Å². The van der Waals surface area contributed by atoms with Gasteiger partial charge in [-0.25, -0.2) is 5.48 Å². The van der Waals surface area contributed by atoms with Crippen LogP contribution in [0.2, 0.25) is 0 Å². The predicted molar refractivity (Wildman–Crippen MR) is 62.2 cm³/mol. The van der Waals surface area contributed by atoms with Gasteiger partial charge in [-0.05, 0) is 11.5 Å². The number of benzene rings is 1. The second-order valence-corrected chi connectivity index (χ2v) is 4.01. The van der Waals surface area contributed by atoms with Crippen molar-refractivity contribution in [2.75, 3.05) is 0 Å². The van der Waals surface area contributed by atoms with Crippen LogP contribution in [0.15, 0.2) is 30.3 Å². The molecule has 0 radical (unpaired) electrons. The smallest absolute Gasteiger partial charge is 0.260 e. The maximum absolute atomic E-state index is 11.4. The molecule has 0 spiro atoms. The predicted octanol–water partition coefficient (Wildman–Crippen LogP) is 1.22. The van der Waals surface area contributed by atoms with Crippen molar-refractivity contribution < 1.29 is 9.63 Å². The van der Waals surface area contributed by atoms with Gasteiger partial charge < -0.3 is 5.73 Å². The van der Waals surface area contributed by atoms with Gasteiger partial charge in [0.1, 0.15) is 0 Å². The lowest BCUT2D eigenvalue weighted by atomic mass is 10.1. The van der Waals surface area contributed by atoms with Crippen molar-refractivity contribution in [2.45, 2.75) is 26.5 Å². The highest BCUT2D eigenvalue weighted by molar-refractivity contribution is 5.80. The second kappa shape index (κ2) is 6.25. The third-order valence-corrected chi connectivity index (χ3v) is 2.28. The number of nitrogens with two attached hydrogens (primary N) is 1. The summed E-state index contributed by atoms with van der Waals surface area (Å²) in [7, 11) is 0. The van der Waals surface area contributed by atoms with Crippen molar-refractivity contribution in [1.82, 2.24) is 5.48 Å². The van der Waals surface area contributed by atoms with Gasteiger partial charge in [0.25, 0.3) is 5.91 Å². The lowest BCUT2D eigenvalue weighted by Gasteiger charge is -2.14. The Balaban J connectivity index is 2.28. The van der Waals surface area contributed by atoms with Gasteiger partial charge in [-0.2, -0.15) is 0 Å². The highest BCUT2D eigenvalue weighted by Gasteiger charge is 2.16. The van der Waals surface area contributed by atoms with Gasteiger partial charge >= 0.3 is 0 Å². The average molecular weight is 222 g/mol. The van der Waals surface area contributed by atoms with E-state index in [0.29, 0.717) is 6.61 Å². The van der Waals surface area contributed by atoms with Gasteiger partial charge in [-0.3, -0.25) is 9.63 Å². The molecule has 4 nitrogen and oxygen atoms in total. The Bertz CT molecular complexity index is 325. The zero-order valence-corrected chi connectivity index (χ0v) is 9.64. The fourth-order valence-corrected chi connectivity index (χ4v) is 1.14. The Morgan fingerprint density at radius 1 is 1.38 bits per heavy atom. The maximum atomic E-state index is 11.4. The molecule has 0 saturated carbocycles. The third-order valence-electron chi connectivity index (χ3n) is 2.28. The summed E-state index contributed by atoms with van der Waals surface area (Å²) in [6.07, 6.45) is 0. The molecule has 3 N–H and O–H groups in total. The minimum atomic E-state index is -0.532. The molecule has 1 aromatic rings. The summed E-state index contributed by atoms with van der Waals surface area (Å²) in [6, 6.07) is 9.08. The van der Waals surface area contributed by atoms with Gasteiger partial charge in [-0.1, -0.05) is 44.2 Å². The molecule has 0 heterocycles. The van der Waals surface area contributed by atoms with E-state index < -0.39 is 6.04 Å². The molecule has 0 aliphatic rings. The number of carbonyl (C=O) groups excluding carboxylic acids is 1. The van der Waals surface area contributed by atoms with Crippen LogP contribution in [0.25, 0.3) is 0 Å². The highest BCUT2D eigenvalue weighted by atomic mass is 16.6. The number of hydroxylamine groups is 1. The van der Waals surface area contributed by atoms with E-state index in [0.717, 1.165) is 5.56 Å². The van der Waals surface area contributed by atoms with E-state index in [1.165, 1.54) is 0 Å². The first-order valence-electron chi connectivity index (χ1n) is 5.32. The Labute approximate surface area is 95.7 Å². The number of nitrogens with one attached hydrogen (secondary N) is 1. The first-order valence-corrected chi connectivity index (χ1v) is 5.32. The van der Waals surface area contributed by atoms with Crippen LogP contribution in [-0.4, -0.2) is 11.9 Å². The zero-order valence-electron chi connectivity index (χ0n) is 9.64. The molecule has 4 heteroatoms. The molecule has 16 heavy (non-hydrogen) atoms. The fraction of sp³-hybridized carbons (Fsp3) is 0.417. The lowest BCUT2D eigenvalue weighted by molar-refractivity contribution is -0.136. The average Bonchev–Trinajstić information content (AvgIpc) is 2.29. The van der Waals surface area contributed by atoms with E-state index >= 15 is 0 Å². The minimum Gasteiger partial charge on any atom is -0.320 e. The molecule has 1 atom stereocenters. The van der Waals surface area contributed by atoms with Crippen molar-refractivity contribution >= 4 is 5.91 Å². The molecule has 0 fully saturated rings. The first kappa shape index (κ1) is 12.7. The summed E-state index contributed by atoms with van der Waals surface area (Å²) in [5, 5.41) is 0. The Morgan fingerprint density at radius 3 is 2.56 bits per heavy atom. The van der Waals surface area contributed by atoms with Crippen molar-refractivity contribution in [3.8, 4) is 0 Å². The largest absolute Gasteiger partial charge is 0.320 e. The summed E-state index contributed by atoms with van der Waals surface area (Å²) in [5.74, 6) is -0.189. The van der Waals surface area contributed by atoms with Crippen LogP contribution >= 0.6 is 0 Å². The number of hydrogen-bond donors (Lipinski definition) is 2. The number of hydrogen-bond acceptors (Lipinski definition) is 3. The molecule has 88 valence electrons. The second-order valence-electron chi connectivity index (χ2n) is 4.01.